The molecule has 0 radical (unpaired) electrons. The molecule has 3 saturated heterocycles. The predicted octanol–water partition coefficient (Wildman–Crippen LogP) is 0.948. The monoisotopic (exact) mass is 370 g/mol. The number of imidazole rings is 1. The van der Waals surface area contributed by atoms with Gasteiger partial charge in [0.25, 0.3) is 0 Å². The highest BCUT2D eigenvalue weighted by atomic mass is 16.5. The van der Waals surface area contributed by atoms with Crippen LogP contribution in [0.3, 0.4) is 0 Å². The average molecular weight is 370 g/mol. The number of aryl methyl sites for hydroxylation is 1. The summed E-state index contributed by atoms with van der Waals surface area (Å²) in [5.41, 5.74) is 2.41. The van der Waals surface area contributed by atoms with Gasteiger partial charge in [-0.15, -0.1) is 0 Å². The van der Waals surface area contributed by atoms with Crippen molar-refractivity contribution in [3.05, 3.63) is 29.6 Å². The molecule has 0 aliphatic carbocycles. The minimum Gasteiger partial charge on any atom is -0.364 e. The van der Waals surface area contributed by atoms with E-state index in [1.807, 2.05) is 30.0 Å². The number of aromatic amines is 1. The third-order valence-electron chi connectivity index (χ3n) is 5.87. The molecular formula is C19H22N4O4. The molecule has 2 amide bonds. The summed E-state index contributed by atoms with van der Waals surface area (Å²) in [4.78, 5) is 36.1. The van der Waals surface area contributed by atoms with E-state index in [1.165, 1.54) is 0 Å². The largest absolute Gasteiger partial charge is 0.364 e. The molecule has 3 aliphatic heterocycles. The van der Waals surface area contributed by atoms with E-state index in [9.17, 15) is 9.59 Å². The van der Waals surface area contributed by atoms with E-state index in [-0.39, 0.29) is 31.1 Å². The van der Waals surface area contributed by atoms with Crippen molar-refractivity contribution in [3.63, 3.8) is 0 Å². The Hall–Kier alpha value is -2.45. The lowest BCUT2D eigenvalue weighted by Crippen LogP contribution is -2.49. The molecule has 27 heavy (non-hydrogen) atoms. The molecule has 1 N–H and O–H groups in total. The highest BCUT2D eigenvalue weighted by Gasteiger charge is 2.62. The number of fused-ring (bicyclic) bond motifs is 1. The van der Waals surface area contributed by atoms with Gasteiger partial charge in [-0.2, -0.15) is 0 Å². The number of hydrogen-bond donors (Lipinski definition) is 1. The first-order chi connectivity index (χ1) is 13.1. The molecule has 142 valence electrons. The zero-order valence-corrected chi connectivity index (χ0v) is 15.2. The van der Waals surface area contributed by atoms with E-state index in [4.69, 9.17) is 9.47 Å². The van der Waals surface area contributed by atoms with Crippen molar-refractivity contribution in [2.24, 2.45) is 0 Å². The number of nitrogens with one attached hydrogen (secondary N) is 1. The SMILES string of the molecule is Cc1ccc2nc(COCC(=O)N3CC[C@@]45OCCN4C(=O)C[C@@H]35)[nH]c2c1. The number of ether oxygens (including phenoxy) is 2. The van der Waals surface area contributed by atoms with Crippen LogP contribution in [0.2, 0.25) is 0 Å². The quantitative estimate of drug-likeness (QED) is 0.866. The van der Waals surface area contributed by atoms with Gasteiger partial charge in [0.1, 0.15) is 19.0 Å². The lowest BCUT2D eigenvalue weighted by Gasteiger charge is -2.31. The van der Waals surface area contributed by atoms with Crippen molar-refractivity contribution in [2.75, 3.05) is 26.3 Å². The lowest BCUT2D eigenvalue weighted by molar-refractivity contribution is -0.143. The number of rotatable bonds is 4. The minimum atomic E-state index is -0.594. The fraction of sp³-hybridized carbons (Fsp3) is 0.526. The van der Waals surface area contributed by atoms with E-state index in [0.717, 1.165) is 16.6 Å². The van der Waals surface area contributed by atoms with E-state index in [1.54, 1.807) is 4.90 Å². The number of benzene rings is 1. The Labute approximate surface area is 156 Å². The van der Waals surface area contributed by atoms with E-state index in [2.05, 4.69) is 9.97 Å². The summed E-state index contributed by atoms with van der Waals surface area (Å²) in [6.45, 7) is 4.01. The Bertz CT molecular complexity index is 926. The van der Waals surface area contributed by atoms with Crippen molar-refractivity contribution >= 4 is 22.8 Å². The Morgan fingerprint density at radius 1 is 1.44 bits per heavy atom. The predicted molar refractivity (Wildman–Crippen MR) is 95.6 cm³/mol. The molecule has 2 atom stereocenters. The van der Waals surface area contributed by atoms with Gasteiger partial charge in [-0.1, -0.05) is 6.07 Å². The highest BCUT2D eigenvalue weighted by molar-refractivity contribution is 5.85. The van der Waals surface area contributed by atoms with Gasteiger partial charge in [0, 0.05) is 19.5 Å². The molecule has 8 heteroatoms. The van der Waals surface area contributed by atoms with Gasteiger partial charge in [-0.25, -0.2) is 4.98 Å². The number of likely N-dealkylation sites (tertiary alicyclic amines) is 1. The summed E-state index contributed by atoms with van der Waals surface area (Å²) < 4.78 is 11.5. The number of H-pyrrole nitrogens is 1. The molecule has 5 rings (SSSR count). The van der Waals surface area contributed by atoms with Crippen LogP contribution in [-0.2, 0) is 25.7 Å². The number of aromatic nitrogens is 2. The van der Waals surface area contributed by atoms with Crippen LogP contribution in [0.25, 0.3) is 11.0 Å². The van der Waals surface area contributed by atoms with Crippen LogP contribution < -0.4 is 0 Å². The summed E-state index contributed by atoms with van der Waals surface area (Å²) in [5, 5.41) is 0. The third-order valence-corrected chi connectivity index (χ3v) is 5.87. The van der Waals surface area contributed by atoms with Crippen LogP contribution >= 0.6 is 0 Å². The zero-order chi connectivity index (χ0) is 18.6. The fourth-order valence-electron chi connectivity index (χ4n) is 4.65. The van der Waals surface area contributed by atoms with Crippen LogP contribution in [0.1, 0.15) is 24.2 Å². The van der Waals surface area contributed by atoms with Crippen LogP contribution in [-0.4, -0.2) is 69.7 Å². The van der Waals surface area contributed by atoms with Gasteiger partial charge in [0.05, 0.1) is 30.1 Å². The van der Waals surface area contributed by atoms with Crippen molar-refractivity contribution in [1.82, 2.24) is 19.8 Å². The van der Waals surface area contributed by atoms with Gasteiger partial charge in [0.2, 0.25) is 11.8 Å². The number of nitrogens with zero attached hydrogens (tertiary/aromatic N) is 3. The van der Waals surface area contributed by atoms with E-state index >= 15 is 0 Å². The topological polar surface area (TPSA) is 87.8 Å². The Morgan fingerprint density at radius 3 is 3.22 bits per heavy atom. The Balaban J connectivity index is 1.22. The van der Waals surface area contributed by atoms with E-state index < -0.39 is 5.72 Å². The summed E-state index contributed by atoms with van der Waals surface area (Å²) in [7, 11) is 0. The van der Waals surface area contributed by atoms with Gasteiger partial charge in [-0.3, -0.25) is 9.59 Å². The van der Waals surface area contributed by atoms with Crippen LogP contribution in [0.5, 0.6) is 0 Å². The van der Waals surface area contributed by atoms with Gasteiger partial charge < -0.3 is 24.3 Å². The molecule has 0 saturated carbocycles. The van der Waals surface area contributed by atoms with Crippen molar-refractivity contribution in [2.45, 2.75) is 38.1 Å². The fourth-order valence-corrected chi connectivity index (χ4v) is 4.65. The Kier molecular flexibility index (Phi) is 3.73. The van der Waals surface area contributed by atoms with Gasteiger partial charge in [-0.05, 0) is 24.6 Å². The van der Waals surface area contributed by atoms with Crippen molar-refractivity contribution < 1.29 is 19.1 Å². The second-order valence-corrected chi connectivity index (χ2v) is 7.49. The summed E-state index contributed by atoms with van der Waals surface area (Å²) in [6.07, 6.45) is 1.02. The molecule has 1 aromatic carbocycles. The molecule has 1 aromatic heterocycles. The standard InChI is InChI=1S/C19H22N4O4/c1-12-2-3-13-14(8-12)21-16(20-13)10-26-11-18(25)22-5-4-19-15(22)9-17(24)23(19)6-7-27-19/h2-3,8,15H,4-7,9-11H2,1H3,(H,20,21)/t15-,19+/m1/s1. The van der Waals surface area contributed by atoms with Crippen molar-refractivity contribution in [3.8, 4) is 0 Å². The molecule has 8 nitrogen and oxygen atoms in total. The first kappa shape index (κ1) is 16.7. The van der Waals surface area contributed by atoms with Gasteiger partial charge in [0.15, 0.2) is 5.72 Å². The summed E-state index contributed by atoms with van der Waals surface area (Å²) in [5.74, 6) is 0.671. The maximum atomic E-state index is 12.7. The van der Waals surface area contributed by atoms with Gasteiger partial charge >= 0.3 is 0 Å². The normalized spacial score (nSPS) is 26.9. The maximum Gasteiger partial charge on any atom is 0.249 e. The molecule has 3 aliphatic rings. The molecule has 0 unspecified atom stereocenters. The van der Waals surface area contributed by atoms with Crippen molar-refractivity contribution in [1.29, 1.82) is 0 Å². The average Bonchev–Trinajstić information content (AvgIpc) is 3.36. The first-order valence-electron chi connectivity index (χ1n) is 9.34. The highest BCUT2D eigenvalue weighted by Crippen LogP contribution is 2.45. The van der Waals surface area contributed by atoms with E-state index in [0.29, 0.717) is 38.4 Å². The summed E-state index contributed by atoms with van der Waals surface area (Å²) in [6, 6.07) is 5.81. The van der Waals surface area contributed by atoms with Crippen LogP contribution in [0.4, 0.5) is 0 Å². The molecule has 1 spiro atoms. The lowest BCUT2D eigenvalue weighted by atomic mass is 10.1. The molecule has 3 fully saturated rings. The molecular weight excluding hydrogens is 348 g/mol. The number of carbonyl (C=O) groups excluding carboxylic acids is 2. The minimum absolute atomic E-state index is 0.0309. The number of carbonyl (C=O) groups is 2. The smallest absolute Gasteiger partial charge is 0.249 e. The zero-order valence-electron chi connectivity index (χ0n) is 15.2. The maximum absolute atomic E-state index is 12.7. The van der Waals surface area contributed by atoms with Crippen LogP contribution in [0, 0.1) is 6.92 Å². The molecule has 2 aromatic rings. The number of hydrogen-bond acceptors (Lipinski definition) is 5. The first-order valence-corrected chi connectivity index (χ1v) is 9.34. The number of amides is 2. The second kappa shape index (κ2) is 6.03. The summed E-state index contributed by atoms with van der Waals surface area (Å²) >= 11 is 0. The molecule has 0 bridgehead atoms. The second-order valence-electron chi connectivity index (χ2n) is 7.49. The molecule has 4 heterocycles. The van der Waals surface area contributed by atoms with Crippen LogP contribution in [0.15, 0.2) is 18.2 Å². The third kappa shape index (κ3) is 2.55. The Morgan fingerprint density at radius 2 is 2.33 bits per heavy atom.